The highest BCUT2D eigenvalue weighted by atomic mass is 16.4. The number of rotatable bonds is 3. The molecule has 94 valence electrons. The molecule has 1 N–H and O–H groups in total. The molecule has 4 nitrogen and oxygen atoms in total. The molecule has 0 aliphatic carbocycles. The SMILES string of the molecule is C[C@@H]1CCC[C@H](C)N1Cc1occc1C(=O)O. The van der Waals surface area contributed by atoms with Crippen molar-refractivity contribution < 1.29 is 14.3 Å². The predicted octanol–water partition coefficient (Wildman–Crippen LogP) is 2.74. The monoisotopic (exact) mass is 237 g/mol. The van der Waals surface area contributed by atoms with Crippen molar-refractivity contribution in [2.24, 2.45) is 0 Å². The largest absolute Gasteiger partial charge is 0.478 e. The molecule has 2 rings (SSSR count). The Hall–Kier alpha value is -1.29. The van der Waals surface area contributed by atoms with Crippen molar-refractivity contribution in [3.8, 4) is 0 Å². The second-order valence-corrected chi connectivity index (χ2v) is 4.86. The van der Waals surface area contributed by atoms with Gasteiger partial charge in [0.05, 0.1) is 12.8 Å². The first-order chi connectivity index (χ1) is 8.09. The summed E-state index contributed by atoms with van der Waals surface area (Å²) < 4.78 is 5.30. The van der Waals surface area contributed by atoms with Gasteiger partial charge in [-0.15, -0.1) is 0 Å². The normalized spacial score (nSPS) is 26.0. The number of nitrogens with zero attached hydrogens (tertiary/aromatic N) is 1. The first-order valence-electron chi connectivity index (χ1n) is 6.15. The minimum absolute atomic E-state index is 0.287. The fourth-order valence-corrected chi connectivity index (χ4v) is 2.61. The maximum atomic E-state index is 11.0. The van der Waals surface area contributed by atoms with E-state index in [9.17, 15) is 4.79 Å². The molecule has 17 heavy (non-hydrogen) atoms. The summed E-state index contributed by atoms with van der Waals surface area (Å²) in [7, 11) is 0. The summed E-state index contributed by atoms with van der Waals surface area (Å²) in [6, 6.07) is 2.51. The van der Waals surface area contributed by atoms with E-state index in [-0.39, 0.29) is 5.56 Å². The van der Waals surface area contributed by atoms with Crippen LogP contribution in [0, 0.1) is 0 Å². The average Bonchev–Trinajstić information content (AvgIpc) is 2.72. The standard InChI is InChI=1S/C13H19NO3/c1-9-4-3-5-10(2)14(9)8-12-11(13(15)16)6-7-17-12/h6-7,9-10H,3-5,8H2,1-2H3,(H,15,16)/t9-,10+. The highest BCUT2D eigenvalue weighted by Crippen LogP contribution is 2.25. The second kappa shape index (κ2) is 4.92. The predicted molar refractivity (Wildman–Crippen MR) is 64.0 cm³/mol. The average molecular weight is 237 g/mol. The van der Waals surface area contributed by atoms with Gasteiger partial charge in [0.15, 0.2) is 0 Å². The van der Waals surface area contributed by atoms with E-state index in [0.29, 0.717) is 24.4 Å². The molecule has 1 aromatic heterocycles. The molecule has 0 aromatic carbocycles. The van der Waals surface area contributed by atoms with Crippen molar-refractivity contribution in [1.29, 1.82) is 0 Å². The zero-order valence-corrected chi connectivity index (χ0v) is 10.3. The lowest BCUT2D eigenvalue weighted by molar-refractivity contribution is 0.0675. The number of carbonyl (C=O) groups is 1. The first-order valence-corrected chi connectivity index (χ1v) is 6.15. The van der Waals surface area contributed by atoms with Crippen LogP contribution in [0.2, 0.25) is 0 Å². The van der Waals surface area contributed by atoms with Gasteiger partial charge in [0.1, 0.15) is 11.3 Å². The van der Waals surface area contributed by atoms with Gasteiger partial charge in [0, 0.05) is 12.1 Å². The van der Waals surface area contributed by atoms with Gasteiger partial charge in [-0.3, -0.25) is 4.90 Å². The van der Waals surface area contributed by atoms with Crippen LogP contribution < -0.4 is 0 Å². The van der Waals surface area contributed by atoms with E-state index >= 15 is 0 Å². The Morgan fingerprint density at radius 1 is 1.47 bits per heavy atom. The molecule has 1 aliphatic rings. The topological polar surface area (TPSA) is 53.7 Å². The number of carboxylic acids is 1. The Balaban J connectivity index is 2.13. The Labute approximate surface area is 101 Å². The number of furan rings is 1. The molecule has 0 saturated carbocycles. The third-order valence-electron chi connectivity index (χ3n) is 3.68. The summed E-state index contributed by atoms with van der Waals surface area (Å²) in [4.78, 5) is 13.3. The number of piperidine rings is 1. The van der Waals surface area contributed by atoms with Gasteiger partial charge in [-0.25, -0.2) is 4.79 Å². The highest BCUT2D eigenvalue weighted by molar-refractivity contribution is 5.88. The minimum Gasteiger partial charge on any atom is -0.478 e. The van der Waals surface area contributed by atoms with E-state index in [4.69, 9.17) is 9.52 Å². The number of hydrogen-bond acceptors (Lipinski definition) is 3. The summed E-state index contributed by atoms with van der Waals surface area (Å²) in [5.41, 5.74) is 0.287. The van der Waals surface area contributed by atoms with Gasteiger partial charge in [-0.05, 0) is 32.8 Å². The van der Waals surface area contributed by atoms with Crippen molar-refractivity contribution in [2.75, 3.05) is 0 Å². The Kier molecular flexibility index (Phi) is 3.52. The Bertz CT molecular complexity index is 389. The van der Waals surface area contributed by atoms with Crippen molar-refractivity contribution in [2.45, 2.75) is 51.7 Å². The molecule has 0 amide bonds. The molecule has 1 fully saturated rings. The molecule has 0 spiro atoms. The first kappa shape index (κ1) is 12.2. The van der Waals surface area contributed by atoms with Gasteiger partial charge < -0.3 is 9.52 Å². The van der Waals surface area contributed by atoms with E-state index in [0.717, 1.165) is 0 Å². The quantitative estimate of drug-likeness (QED) is 0.878. The lowest BCUT2D eigenvalue weighted by Gasteiger charge is -2.38. The molecule has 1 saturated heterocycles. The summed E-state index contributed by atoms with van der Waals surface area (Å²) in [6.45, 7) is 4.98. The molecular formula is C13H19NO3. The zero-order chi connectivity index (χ0) is 12.4. The highest BCUT2D eigenvalue weighted by Gasteiger charge is 2.27. The smallest absolute Gasteiger partial charge is 0.339 e. The minimum atomic E-state index is -0.911. The Morgan fingerprint density at radius 3 is 2.71 bits per heavy atom. The number of carboxylic acid groups (broad SMARTS) is 1. The van der Waals surface area contributed by atoms with Crippen LogP contribution in [0.4, 0.5) is 0 Å². The molecule has 0 bridgehead atoms. The van der Waals surface area contributed by atoms with Crippen molar-refractivity contribution in [3.63, 3.8) is 0 Å². The lowest BCUT2D eigenvalue weighted by Crippen LogP contribution is -2.43. The maximum Gasteiger partial charge on any atom is 0.339 e. The van der Waals surface area contributed by atoms with Gasteiger partial charge in [-0.1, -0.05) is 6.42 Å². The summed E-state index contributed by atoms with van der Waals surface area (Å²) >= 11 is 0. The molecule has 0 radical (unpaired) electrons. The lowest BCUT2D eigenvalue weighted by atomic mass is 9.97. The summed E-state index contributed by atoms with van der Waals surface area (Å²) in [5.74, 6) is -0.343. The van der Waals surface area contributed by atoms with Crippen molar-refractivity contribution >= 4 is 5.97 Å². The summed E-state index contributed by atoms with van der Waals surface area (Å²) in [6.07, 6.45) is 5.06. The summed E-state index contributed by atoms with van der Waals surface area (Å²) in [5, 5.41) is 9.04. The van der Waals surface area contributed by atoms with Crippen LogP contribution >= 0.6 is 0 Å². The third kappa shape index (κ3) is 2.52. The number of aromatic carboxylic acids is 1. The number of likely N-dealkylation sites (tertiary alicyclic amines) is 1. The van der Waals surface area contributed by atoms with E-state index < -0.39 is 5.97 Å². The zero-order valence-electron chi connectivity index (χ0n) is 10.3. The molecule has 2 atom stereocenters. The molecular weight excluding hydrogens is 218 g/mol. The molecule has 1 aromatic rings. The van der Waals surface area contributed by atoms with Gasteiger partial charge in [-0.2, -0.15) is 0 Å². The molecule has 0 unspecified atom stereocenters. The van der Waals surface area contributed by atoms with Crippen LogP contribution in [0.5, 0.6) is 0 Å². The fraction of sp³-hybridized carbons (Fsp3) is 0.615. The van der Waals surface area contributed by atoms with Crippen LogP contribution in [0.1, 0.15) is 49.2 Å². The van der Waals surface area contributed by atoms with Crippen LogP contribution in [-0.4, -0.2) is 28.1 Å². The van der Waals surface area contributed by atoms with E-state index in [1.165, 1.54) is 31.6 Å². The van der Waals surface area contributed by atoms with Crippen molar-refractivity contribution in [1.82, 2.24) is 4.90 Å². The van der Waals surface area contributed by atoms with Crippen molar-refractivity contribution in [3.05, 3.63) is 23.7 Å². The van der Waals surface area contributed by atoms with E-state index in [1.54, 1.807) is 0 Å². The van der Waals surface area contributed by atoms with Gasteiger partial charge in [0.25, 0.3) is 0 Å². The van der Waals surface area contributed by atoms with Crippen LogP contribution in [0.15, 0.2) is 16.7 Å². The van der Waals surface area contributed by atoms with Gasteiger partial charge in [0.2, 0.25) is 0 Å². The van der Waals surface area contributed by atoms with Crippen LogP contribution in [0.3, 0.4) is 0 Å². The molecule has 1 aliphatic heterocycles. The Morgan fingerprint density at radius 2 is 2.12 bits per heavy atom. The molecule has 2 heterocycles. The third-order valence-corrected chi connectivity index (χ3v) is 3.68. The van der Waals surface area contributed by atoms with E-state index in [1.807, 2.05) is 0 Å². The van der Waals surface area contributed by atoms with E-state index in [2.05, 4.69) is 18.7 Å². The van der Waals surface area contributed by atoms with Crippen LogP contribution in [-0.2, 0) is 6.54 Å². The van der Waals surface area contributed by atoms with Gasteiger partial charge >= 0.3 is 5.97 Å². The second-order valence-electron chi connectivity index (χ2n) is 4.86. The number of hydrogen-bond donors (Lipinski definition) is 1. The molecule has 4 heteroatoms. The van der Waals surface area contributed by atoms with Crippen LogP contribution in [0.25, 0.3) is 0 Å². The maximum absolute atomic E-state index is 11.0. The fourth-order valence-electron chi connectivity index (χ4n) is 2.61.